The molecule has 2 nitrogen and oxygen atoms in total. The molecule has 3 heteroatoms. The summed E-state index contributed by atoms with van der Waals surface area (Å²) in [6.07, 6.45) is 5.04. The molecule has 1 aliphatic rings. The number of hydrogen-bond donors (Lipinski definition) is 0. The monoisotopic (exact) mass is 249 g/mol. The standard InChI is InChI=1S/C14H16ClNO/c1-10-4-7-14(17)13-6-5-12(15)9-11(13)3-2-8-16-10/h5-6,8-10H,2-4,7H2,1H3. The minimum atomic E-state index is 0.209. The first kappa shape index (κ1) is 12.3. The molecule has 1 aromatic rings. The number of benzene rings is 1. The van der Waals surface area contributed by atoms with Crippen molar-refractivity contribution in [3.63, 3.8) is 0 Å². The molecule has 0 spiro atoms. The van der Waals surface area contributed by atoms with Crippen molar-refractivity contribution in [1.29, 1.82) is 0 Å². The minimum absolute atomic E-state index is 0.209. The molecule has 0 aromatic heterocycles. The van der Waals surface area contributed by atoms with Gasteiger partial charge >= 0.3 is 0 Å². The Labute approximate surface area is 107 Å². The van der Waals surface area contributed by atoms with E-state index in [1.165, 1.54) is 0 Å². The predicted octanol–water partition coefficient (Wildman–Crippen LogP) is 3.71. The first-order chi connectivity index (χ1) is 8.16. The van der Waals surface area contributed by atoms with E-state index in [-0.39, 0.29) is 11.8 Å². The minimum Gasteiger partial charge on any atom is -0.294 e. The zero-order valence-electron chi connectivity index (χ0n) is 9.95. The van der Waals surface area contributed by atoms with E-state index in [1.807, 2.05) is 25.3 Å². The lowest BCUT2D eigenvalue weighted by atomic mass is 9.96. The van der Waals surface area contributed by atoms with E-state index in [4.69, 9.17) is 11.6 Å². The summed E-state index contributed by atoms with van der Waals surface area (Å²) < 4.78 is 0. The second-order valence-electron chi connectivity index (χ2n) is 4.48. The van der Waals surface area contributed by atoms with Crippen LogP contribution in [0.5, 0.6) is 0 Å². The number of aryl methyl sites for hydroxylation is 1. The van der Waals surface area contributed by atoms with Crippen LogP contribution in [0.15, 0.2) is 23.2 Å². The van der Waals surface area contributed by atoms with Crippen LogP contribution in [-0.2, 0) is 6.42 Å². The van der Waals surface area contributed by atoms with Crippen LogP contribution in [0, 0.1) is 0 Å². The van der Waals surface area contributed by atoms with Crippen molar-refractivity contribution in [2.75, 3.05) is 0 Å². The van der Waals surface area contributed by atoms with E-state index in [9.17, 15) is 4.79 Å². The molecular formula is C14H16ClNO. The summed E-state index contributed by atoms with van der Waals surface area (Å²) >= 11 is 5.97. The van der Waals surface area contributed by atoms with Crippen LogP contribution in [0.25, 0.3) is 0 Å². The van der Waals surface area contributed by atoms with Gasteiger partial charge in [-0.3, -0.25) is 9.79 Å². The molecule has 1 heterocycles. The molecule has 1 atom stereocenters. The van der Waals surface area contributed by atoms with Crippen molar-refractivity contribution in [2.45, 2.75) is 38.6 Å². The number of carbonyl (C=O) groups excluding carboxylic acids is 1. The van der Waals surface area contributed by atoms with Crippen LogP contribution in [0.2, 0.25) is 5.02 Å². The van der Waals surface area contributed by atoms with Gasteiger partial charge in [0.15, 0.2) is 5.78 Å². The van der Waals surface area contributed by atoms with Gasteiger partial charge in [-0.1, -0.05) is 11.6 Å². The Balaban J connectivity index is 2.32. The van der Waals surface area contributed by atoms with Crippen LogP contribution in [0.1, 0.15) is 42.1 Å². The third kappa shape index (κ3) is 3.16. The van der Waals surface area contributed by atoms with E-state index < -0.39 is 0 Å². The van der Waals surface area contributed by atoms with E-state index in [1.54, 1.807) is 6.07 Å². The highest BCUT2D eigenvalue weighted by Gasteiger charge is 2.14. The number of halogens is 1. The molecule has 0 N–H and O–H groups in total. The predicted molar refractivity (Wildman–Crippen MR) is 71.3 cm³/mol. The number of hydrogen-bond acceptors (Lipinski definition) is 2. The van der Waals surface area contributed by atoms with Crippen molar-refractivity contribution in [2.24, 2.45) is 4.99 Å². The molecule has 2 rings (SSSR count). The van der Waals surface area contributed by atoms with Crippen LogP contribution in [0.3, 0.4) is 0 Å². The summed E-state index contributed by atoms with van der Waals surface area (Å²) in [6, 6.07) is 5.78. The quantitative estimate of drug-likeness (QED) is 0.689. The lowest BCUT2D eigenvalue weighted by Crippen LogP contribution is -2.10. The number of Topliss-reactive ketones (excluding diaryl/α,β-unsaturated/α-hetero) is 1. The van der Waals surface area contributed by atoms with Gasteiger partial charge in [0.05, 0.1) is 0 Å². The molecule has 90 valence electrons. The Kier molecular flexibility index (Phi) is 3.95. The summed E-state index contributed by atoms with van der Waals surface area (Å²) in [5.41, 5.74) is 1.88. The highest BCUT2D eigenvalue weighted by molar-refractivity contribution is 6.30. The van der Waals surface area contributed by atoms with Gasteiger partial charge in [-0.25, -0.2) is 0 Å². The van der Waals surface area contributed by atoms with Gasteiger partial charge in [0.2, 0.25) is 0 Å². The van der Waals surface area contributed by atoms with Crippen molar-refractivity contribution in [3.05, 3.63) is 34.3 Å². The Morgan fingerprint density at radius 2 is 2.18 bits per heavy atom. The molecule has 1 unspecified atom stereocenters. The third-order valence-electron chi connectivity index (χ3n) is 3.06. The Morgan fingerprint density at radius 3 is 3.00 bits per heavy atom. The second kappa shape index (κ2) is 5.46. The zero-order valence-corrected chi connectivity index (χ0v) is 10.7. The zero-order chi connectivity index (χ0) is 12.3. The van der Waals surface area contributed by atoms with Gasteiger partial charge in [-0.15, -0.1) is 0 Å². The van der Waals surface area contributed by atoms with E-state index in [0.29, 0.717) is 11.4 Å². The fourth-order valence-corrected chi connectivity index (χ4v) is 2.26. The van der Waals surface area contributed by atoms with Crippen molar-refractivity contribution in [1.82, 2.24) is 0 Å². The van der Waals surface area contributed by atoms with Gasteiger partial charge in [-0.2, -0.15) is 0 Å². The lowest BCUT2D eigenvalue weighted by molar-refractivity contribution is 0.0977. The Morgan fingerprint density at radius 1 is 1.35 bits per heavy atom. The maximum Gasteiger partial charge on any atom is 0.163 e. The summed E-state index contributed by atoms with van der Waals surface area (Å²) in [6.45, 7) is 2.05. The number of fused-ring (bicyclic) bond motifs is 1. The molecule has 1 aromatic carbocycles. The van der Waals surface area contributed by atoms with E-state index >= 15 is 0 Å². The molecule has 0 radical (unpaired) electrons. The van der Waals surface area contributed by atoms with E-state index in [2.05, 4.69) is 4.99 Å². The maximum absolute atomic E-state index is 12.1. The average Bonchev–Trinajstić information content (AvgIpc) is 2.31. The Bertz CT molecular complexity index is 454. The molecule has 0 fully saturated rings. The van der Waals surface area contributed by atoms with Crippen molar-refractivity contribution < 1.29 is 4.79 Å². The van der Waals surface area contributed by atoms with Gasteiger partial charge in [-0.05, 0) is 56.2 Å². The third-order valence-corrected chi connectivity index (χ3v) is 3.29. The van der Waals surface area contributed by atoms with Crippen LogP contribution >= 0.6 is 11.6 Å². The number of carbonyl (C=O) groups is 1. The van der Waals surface area contributed by atoms with Crippen LogP contribution in [-0.4, -0.2) is 18.0 Å². The highest BCUT2D eigenvalue weighted by atomic mass is 35.5. The van der Waals surface area contributed by atoms with E-state index in [0.717, 1.165) is 30.4 Å². The highest BCUT2D eigenvalue weighted by Crippen LogP contribution is 2.20. The smallest absolute Gasteiger partial charge is 0.163 e. The lowest BCUT2D eigenvalue weighted by Gasteiger charge is -2.12. The summed E-state index contributed by atoms with van der Waals surface area (Å²) in [5.74, 6) is 0.209. The van der Waals surface area contributed by atoms with Crippen LogP contribution < -0.4 is 0 Å². The summed E-state index contributed by atoms with van der Waals surface area (Å²) in [4.78, 5) is 16.5. The SMILES string of the molecule is CC1CCC(=O)c2ccc(Cl)cc2CCC=N1. The van der Waals surface area contributed by atoms with Gasteiger partial charge in [0.25, 0.3) is 0 Å². The average molecular weight is 250 g/mol. The largest absolute Gasteiger partial charge is 0.294 e. The molecule has 0 saturated carbocycles. The molecule has 0 bridgehead atoms. The van der Waals surface area contributed by atoms with Crippen LogP contribution in [0.4, 0.5) is 0 Å². The number of nitrogens with zero attached hydrogens (tertiary/aromatic N) is 1. The summed E-state index contributed by atoms with van der Waals surface area (Å²) in [5, 5.41) is 0.693. The van der Waals surface area contributed by atoms with Gasteiger partial charge in [0, 0.05) is 23.0 Å². The molecule has 0 amide bonds. The van der Waals surface area contributed by atoms with Gasteiger partial charge < -0.3 is 0 Å². The second-order valence-corrected chi connectivity index (χ2v) is 4.92. The normalized spacial score (nSPS) is 21.1. The maximum atomic E-state index is 12.1. The molecular weight excluding hydrogens is 234 g/mol. The first-order valence-electron chi connectivity index (χ1n) is 6.00. The first-order valence-corrected chi connectivity index (χ1v) is 6.38. The summed E-state index contributed by atoms with van der Waals surface area (Å²) in [7, 11) is 0. The Hall–Kier alpha value is -1.15. The number of rotatable bonds is 0. The van der Waals surface area contributed by atoms with Crippen molar-refractivity contribution in [3.8, 4) is 0 Å². The molecule has 17 heavy (non-hydrogen) atoms. The molecule has 1 aliphatic heterocycles. The fourth-order valence-electron chi connectivity index (χ4n) is 2.06. The fraction of sp³-hybridized carbons (Fsp3) is 0.429. The molecule has 0 saturated heterocycles. The molecule has 0 aliphatic carbocycles. The number of aliphatic imine (C=N–C) groups is 1. The van der Waals surface area contributed by atoms with Gasteiger partial charge in [0.1, 0.15) is 0 Å². The topological polar surface area (TPSA) is 29.4 Å². The number of ketones is 1. The van der Waals surface area contributed by atoms with Crippen molar-refractivity contribution >= 4 is 23.6 Å².